The monoisotopic (exact) mass is 324 g/mol. The molecule has 7 heteroatoms. The fraction of sp³-hybridized carbons (Fsp3) is 0.533. The van der Waals surface area contributed by atoms with Crippen LogP contribution in [0, 0.1) is 0 Å². The van der Waals surface area contributed by atoms with Gasteiger partial charge in [-0.15, -0.1) is 0 Å². The SMILES string of the molecule is NC(=O)c1ccc(S(=O)(=O)N2CCO[C@H]3CCCC[C@H]32)cc1. The summed E-state index contributed by atoms with van der Waals surface area (Å²) in [5.41, 5.74) is 5.49. The van der Waals surface area contributed by atoms with Crippen molar-refractivity contribution in [1.82, 2.24) is 4.31 Å². The van der Waals surface area contributed by atoms with Crippen molar-refractivity contribution in [2.24, 2.45) is 5.73 Å². The van der Waals surface area contributed by atoms with E-state index in [0.717, 1.165) is 25.7 Å². The molecular formula is C15H20N2O4S. The fourth-order valence-corrected chi connectivity index (χ4v) is 4.95. The number of hydrogen-bond acceptors (Lipinski definition) is 4. The maximum absolute atomic E-state index is 12.9. The molecule has 3 rings (SSSR count). The number of nitrogens with two attached hydrogens (primary N) is 1. The standard InChI is InChI=1S/C15H20N2O4S/c16-15(18)11-5-7-12(8-6-11)22(19,20)17-9-10-21-14-4-2-1-3-13(14)17/h5-8,13-14H,1-4,9-10H2,(H2,16,18)/t13-,14+/m1/s1. The Morgan fingerprint density at radius 1 is 1.18 bits per heavy atom. The van der Waals surface area contributed by atoms with Gasteiger partial charge in [0.25, 0.3) is 0 Å². The lowest BCUT2D eigenvalue weighted by atomic mass is 9.91. The van der Waals surface area contributed by atoms with Gasteiger partial charge in [0.1, 0.15) is 0 Å². The lowest BCUT2D eigenvalue weighted by Crippen LogP contribution is -2.54. The van der Waals surface area contributed by atoms with E-state index in [1.54, 1.807) is 4.31 Å². The van der Waals surface area contributed by atoms with E-state index >= 15 is 0 Å². The molecule has 6 nitrogen and oxygen atoms in total. The molecule has 2 aliphatic rings. The minimum Gasteiger partial charge on any atom is -0.375 e. The summed E-state index contributed by atoms with van der Waals surface area (Å²) in [6.07, 6.45) is 3.86. The number of ether oxygens (including phenoxy) is 1. The van der Waals surface area contributed by atoms with Crippen LogP contribution in [-0.4, -0.2) is 43.9 Å². The van der Waals surface area contributed by atoms with E-state index in [-0.39, 0.29) is 17.0 Å². The number of nitrogens with zero attached hydrogens (tertiary/aromatic N) is 1. The zero-order chi connectivity index (χ0) is 15.7. The fourth-order valence-electron chi connectivity index (χ4n) is 3.29. The molecule has 1 amide bonds. The first-order valence-corrected chi connectivity index (χ1v) is 8.97. The molecule has 2 atom stereocenters. The number of hydrogen-bond donors (Lipinski definition) is 1. The zero-order valence-electron chi connectivity index (χ0n) is 12.3. The zero-order valence-corrected chi connectivity index (χ0v) is 13.1. The van der Waals surface area contributed by atoms with E-state index in [1.807, 2.05) is 0 Å². The molecule has 22 heavy (non-hydrogen) atoms. The Morgan fingerprint density at radius 2 is 1.86 bits per heavy atom. The Bertz CT molecular complexity index is 655. The van der Waals surface area contributed by atoms with Gasteiger partial charge in [-0.1, -0.05) is 12.8 Å². The minimum absolute atomic E-state index is 0.00201. The van der Waals surface area contributed by atoms with E-state index in [9.17, 15) is 13.2 Å². The molecule has 1 aliphatic carbocycles. The maximum Gasteiger partial charge on any atom is 0.248 e. The van der Waals surface area contributed by atoms with Crippen molar-refractivity contribution in [2.45, 2.75) is 42.7 Å². The van der Waals surface area contributed by atoms with Crippen molar-refractivity contribution in [3.05, 3.63) is 29.8 Å². The van der Waals surface area contributed by atoms with Crippen molar-refractivity contribution in [1.29, 1.82) is 0 Å². The van der Waals surface area contributed by atoms with Gasteiger partial charge in [0.05, 0.1) is 23.6 Å². The lowest BCUT2D eigenvalue weighted by Gasteiger charge is -2.42. The van der Waals surface area contributed by atoms with Gasteiger partial charge in [-0.3, -0.25) is 4.79 Å². The Balaban J connectivity index is 1.89. The highest BCUT2D eigenvalue weighted by Crippen LogP contribution is 2.32. The normalized spacial score (nSPS) is 26.4. The molecule has 0 radical (unpaired) electrons. The second-order valence-corrected chi connectivity index (χ2v) is 7.66. The van der Waals surface area contributed by atoms with Crippen LogP contribution in [0.1, 0.15) is 36.0 Å². The van der Waals surface area contributed by atoms with Gasteiger partial charge in [-0.25, -0.2) is 8.42 Å². The molecule has 1 aliphatic heterocycles. The van der Waals surface area contributed by atoms with Crippen LogP contribution in [-0.2, 0) is 14.8 Å². The number of carbonyl (C=O) groups is 1. The largest absolute Gasteiger partial charge is 0.375 e. The number of primary amides is 1. The van der Waals surface area contributed by atoms with Gasteiger partial charge >= 0.3 is 0 Å². The van der Waals surface area contributed by atoms with E-state index in [1.165, 1.54) is 24.3 Å². The van der Waals surface area contributed by atoms with Crippen molar-refractivity contribution in [3.8, 4) is 0 Å². The van der Waals surface area contributed by atoms with Crippen LogP contribution < -0.4 is 5.73 Å². The Kier molecular flexibility index (Phi) is 4.20. The average Bonchev–Trinajstić information content (AvgIpc) is 2.54. The van der Waals surface area contributed by atoms with Crippen LogP contribution in [0.3, 0.4) is 0 Å². The van der Waals surface area contributed by atoms with E-state index in [0.29, 0.717) is 18.7 Å². The van der Waals surface area contributed by atoms with Gasteiger partial charge in [0.15, 0.2) is 0 Å². The molecule has 1 aromatic rings. The molecular weight excluding hydrogens is 304 g/mol. The van der Waals surface area contributed by atoms with E-state index in [2.05, 4.69) is 0 Å². The molecule has 1 saturated carbocycles. The molecule has 2 fully saturated rings. The molecule has 1 heterocycles. The summed E-state index contributed by atoms with van der Waals surface area (Å²) in [6, 6.07) is 5.72. The highest BCUT2D eigenvalue weighted by atomic mass is 32.2. The molecule has 120 valence electrons. The van der Waals surface area contributed by atoms with Crippen LogP contribution in [0.2, 0.25) is 0 Å². The summed E-state index contributed by atoms with van der Waals surface area (Å²) in [6.45, 7) is 0.806. The quantitative estimate of drug-likeness (QED) is 0.902. The summed E-state index contributed by atoms with van der Waals surface area (Å²) < 4.78 is 33.1. The minimum atomic E-state index is -3.57. The molecule has 0 spiro atoms. The number of amides is 1. The summed E-state index contributed by atoms with van der Waals surface area (Å²) >= 11 is 0. The Hall–Kier alpha value is -1.44. The lowest BCUT2D eigenvalue weighted by molar-refractivity contribution is -0.0586. The van der Waals surface area contributed by atoms with Gasteiger partial charge in [0.2, 0.25) is 15.9 Å². The van der Waals surface area contributed by atoms with Crippen LogP contribution in [0.4, 0.5) is 0 Å². The topological polar surface area (TPSA) is 89.7 Å². The number of benzene rings is 1. The van der Waals surface area contributed by atoms with Crippen molar-refractivity contribution >= 4 is 15.9 Å². The van der Waals surface area contributed by atoms with Gasteiger partial charge in [0, 0.05) is 12.1 Å². The predicted molar refractivity (Wildman–Crippen MR) is 80.8 cm³/mol. The second-order valence-electron chi connectivity index (χ2n) is 5.77. The first-order valence-electron chi connectivity index (χ1n) is 7.53. The Labute approximate surface area is 130 Å². The molecule has 2 N–H and O–H groups in total. The summed E-state index contributed by atoms with van der Waals surface area (Å²) in [4.78, 5) is 11.3. The molecule has 1 saturated heterocycles. The first kappa shape index (κ1) is 15.5. The van der Waals surface area contributed by atoms with Gasteiger partial charge < -0.3 is 10.5 Å². The maximum atomic E-state index is 12.9. The Morgan fingerprint density at radius 3 is 2.55 bits per heavy atom. The third-order valence-electron chi connectivity index (χ3n) is 4.43. The van der Waals surface area contributed by atoms with Crippen LogP contribution in [0.25, 0.3) is 0 Å². The summed E-state index contributed by atoms with van der Waals surface area (Å²) in [5.74, 6) is -0.567. The van der Waals surface area contributed by atoms with E-state index in [4.69, 9.17) is 10.5 Å². The third-order valence-corrected chi connectivity index (χ3v) is 6.37. The van der Waals surface area contributed by atoms with Crippen LogP contribution >= 0.6 is 0 Å². The third kappa shape index (κ3) is 2.76. The van der Waals surface area contributed by atoms with Crippen molar-refractivity contribution in [2.75, 3.05) is 13.2 Å². The number of fused-ring (bicyclic) bond motifs is 1. The number of morpholine rings is 1. The van der Waals surface area contributed by atoms with Gasteiger partial charge in [-0.2, -0.15) is 4.31 Å². The van der Waals surface area contributed by atoms with Crippen LogP contribution in [0.15, 0.2) is 29.2 Å². The predicted octanol–water partition coefficient (Wildman–Crippen LogP) is 1.12. The second kappa shape index (κ2) is 5.98. The molecule has 0 bridgehead atoms. The van der Waals surface area contributed by atoms with Crippen LogP contribution in [0.5, 0.6) is 0 Å². The first-order chi connectivity index (χ1) is 10.5. The van der Waals surface area contributed by atoms with Gasteiger partial charge in [-0.05, 0) is 37.1 Å². The number of carbonyl (C=O) groups excluding carboxylic acids is 1. The smallest absolute Gasteiger partial charge is 0.248 e. The highest BCUT2D eigenvalue weighted by molar-refractivity contribution is 7.89. The highest BCUT2D eigenvalue weighted by Gasteiger charge is 2.40. The average molecular weight is 324 g/mol. The van der Waals surface area contributed by atoms with E-state index < -0.39 is 15.9 Å². The van der Waals surface area contributed by atoms with Crippen molar-refractivity contribution in [3.63, 3.8) is 0 Å². The van der Waals surface area contributed by atoms with Crippen molar-refractivity contribution < 1.29 is 17.9 Å². The molecule has 0 unspecified atom stereocenters. The number of rotatable bonds is 3. The summed E-state index contributed by atoms with van der Waals surface area (Å²) in [5, 5.41) is 0. The molecule has 0 aromatic heterocycles. The summed E-state index contributed by atoms with van der Waals surface area (Å²) in [7, 11) is -3.57. The molecule has 1 aromatic carbocycles. The number of sulfonamides is 1.